The molecule has 0 aliphatic rings. The van der Waals surface area contributed by atoms with Crippen LogP contribution in [0.25, 0.3) is 21.9 Å². The Balaban J connectivity index is 1.83. The quantitative estimate of drug-likeness (QED) is 0.389. The molecule has 0 aliphatic carbocycles. The van der Waals surface area contributed by atoms with E-state index in [0.717, 1.165) is 12.1 Å². The van der Waals surface area contributed by atoms with Gasteiger partial charge in [-0.05, 0) is 48.5 Å². The van der Waals surface area contributed by atoms with E-state index in [9.17, 15) is 26.4 Å². The summed E-state index contributed by atoms with van der Waals surface area (Å²) in [5, 5.41) is -0.673. The van der Waals surface area contributed by atoms with Gasteiger partial charge in [0.1, 0.15) is 11.2 Å². The molecule has 0 spiro atoms. The number of hydrogen-bond acceptors (Lipinski definition) is 8. The molecule has 0 saturated heterocycles. The van der Waals surface area contributed by atoms with Crippen molar-refractivity contribution in [2.24, 2.45) is 0 Å². The smallest absolute Gasteiger partial charge is 0.355 e. The number of sulfone groups is 2. The molecule has 160 valence electrons. The molecule has 0 unspecified atom stereocenters. The highest BCUT2D eigenvalue weighted by Gasteiger charge is 2.31. The third-order valence-electron chi connectivity index (χ3n) is 4.30. The van der Waals surface area contributed by atoms with Gasteiger partial charge in [-0.15, -0.1) is 0 Å². The number of hydrogen-bond donors (Lipinski definition) is 0. The van der Waals surface area contributed by atoms with Gasteiger partial charge in [0.05, 0.1) is 0 Å². The van der Waals surface area contributed by atoms with E-state index in [4.69, 9.17) is 32.0 Å². The summed E-state index contributed by atoms with van der Waals surface area (Å²) in [6.45, 7) is 0. The van der Waals surface area contributed by atoms with Crippen molar-refractivity contribution in [2.45, 2.75) is 9.79 Å². The Labute approximate surface area is 184 Å². The minimum absolute atomic E-state index is 0.0725. The molecule has 4 rings (SSSR count). The number of benzene rings is 2. The van der Waals surface area contributed by atoms with Crippen molar-refractivity contribution in [3.63, 3.8) is 0 Å². The summed E-state index contributed by atoms with van der Waals surface area (Å²) in [4.78, 5) is 22.6. The molecular weight excluding hydrogens is 491 g/mol. The molecule has 0 saturated carbocycles. The predicted molar refractivity (Wildman–Crippen MR) is 114 cm³/mol. The van der Waals surface area contributed by atoms with Crippen LogP contribution in [0.2, 0.25) is 10.0 Å². The molecule has 0 fully saturated rings. The van der Waals surface area contributed by atoms with E-state index < -0.39 is 45.8 Å². The maximum atomic E-state index is 12.8. The lowest BCUT2D eigenvalue weighted by molar-refractivity contribution is 0.531. The van der Waals surface area contributed by atoms with Crippen LogP contribution < -0.4 is 11.3 Å². The van der Waals surface area contributed by atoms with E-state index in [0.29, 0.717) is 0 Å². The summed E-state index contributed by atoms with van der Waals surface area (Å²) >= 11 is 11.7. The molecule has 0 aliphatic heterocycles. The standard InChI is InChI=1S/C19H10Cl2O8S2/c20-12-1-3-14-10(5-12)7-16(18(22)28-14)30(24,25)9-31(26,27)17-8-11-6-13(21)2-4-15(11)29-19(17)23/h1-8H,9H2. The predicted octanol–water partition coefficient (Wildman–Crippen LogP) is 3.41. The van der Waals surface area contributed by atoms with Gasteiger partial charge in [-0.2, -0.15) is 0 Å². The van der Waals surface area contributed by atoms with Gasteiger partial charge in [0.15, 0.2) is 34.6 Å². The third-order valence-corrected chi connectivity index (χ3v) is 9.17. The molecule has 2 aromatic heterocycles. The van der Waals surface area contributed by atoms with Crippen molar-refractivity contribution < 1.29 is 25.7 Å². The van der Waals surface area contributed by atoms with Crippen LogP contribution in [-0.4, -0.2) is 21.9 Å². The Morgan fingerprint density at radius 1 is 0.645 bits per heavy atom. The molecule has 2 aromatic carbocycles. The summed E-state index contributed by atoms with van der Waals surface area (Å²) in [6, 6.07) is 10.3. The normalized spacial score (nSPS) is 12.5. The van der Waals surface area contributed by atoms with Crippen LogP contribution in [0.15, 0.2) is 76.7 Å². The molecule has 0 bridgehead atoms. The van der Waals surface area contributed by atoms with E-state index in [2.05, 4.69) is 0 Å². The highest BCUT2D eigenvalue weighted by molar-refractivity contribution is 8.08. The van der Waals surface area contributed by atoms with Gasteiger partial charge in [0, 0.05) is 20.8 Å². The summed E-state index contributed by atoms with van der Waals surface area (Å²) in [5.74, 6) is 0. The zero-order chi connectivity index (χ0) is 22.6. The minimum Gasteiger partial charge on any atom is -0.422 e. The zero-order valence-corrected chi connectivity index (χ0v) is 18.3. The van der Waals surface area contributed by atoms with Crippen LogP contribution in [-0.2, 0) is 19.7 Å². The van der Waals surface area contributed by atoms with Gasteiger partial charge in [-0.1, -0.05) is 23.2 Å². The van der Waals surface area contributed by atoms with Crippen LogP contribution in [0.3, 0.4) is 0 Å². The van der Waals surface area contributed by atoms with E-state index in [1.165, 1.54) is 36.4 Å². The van der Waals surface area contributed by atoms with E-state index in [-0.39, 0.29) is 32.0 Å². The lowest BCUT2D eigenvalue weighted by Gasteiger charge is -2.07. The fourth-order valence-electron chi connectivity index (χ4n) is 2.92. The Hall–Kier alpha value is -2.66. The highest BCUT2D eigenvalue weighted by Crippen LogP contribution is 2.24. The maximum absolute atomic E-state index is 12.8. The Kier molecular flexibility index (Phi) is 5.21. The Morgan fingerprint density at radius 3 is 1.42 bits per heavy atom. The van der Waals surface area contributed by atoms with Crippen molar-refractivity contribution in [1.82, 2.24) is 0 Å². The first-order valence-electron chi connectivity index (χ1n) is 8.39. The van der Waals surface area contributed by atoms with Gasteiger partial charge < -0.3 is 8.83 Å². The van der Waals surface area contributed by atoms with Crippen LogP contribution in [0.4, 0.5) is 0 Å². The van der Waals surface area contributed by atoms with Crippen molar-refractivity contribution in [2.75, 3.05) is 5.08 Å². The van der Waals surface area contributed by atoms with Gasteiger partial charge in [0.2, 0.25) is 0 Å². The SMILES string of the molecule is O=c1oc2ccc(Cl)cc2cc1S(=O)(=O)CS(=O)(=O)c1cc2cc(Cl)ccc2oc1=O. The van der Waals surface area contributed by atoms with E-state index >= 15 is 0 Å². The van der Waals surface area contributed by atoms with Gasteiger partial charge in [-0.25, -0.2) is 26.4 Å². The number of halogens is 2. The van der Waals surface area contributed by atoms with Crippen molar-refractivity contribution in [3.8, 4) is 0 Å². The van der Waals surface area contributed by atoms with Crippen LogP contribution >= 0.6 is 23.2 Å². The minimum atomic E-state index is -4.72. The first kappa shape index (κ1) is 21.6. The van der Waals surface area contributed by atoms with Crippen molar-refractivity contribution >= 4 is 64.8 Å². The summed E-state index contributed by atoms with van der Waals surface area (Å²) in [7, 11) is -9.45. The molecule has 0 N–H and O–H groups in total. The molecule has 2 heterocycles. The first-order valence-corrected chi connectivity index (χ1v) is 12.4. The monoisotopic (exact) mass is 500 g/mol. The van der Waals surface area contributed by atoms with Crippen molar-refractivity contribution in [1.29, 1.82) is 0 Å². The van der Waals surface area contributed by atoms with Crippen LogP contribution in [0, 0.1) is 0 Å². The maximum Gasteiger partial charge on any atom is 0.355 e. The molecule has 0 atom stereocenters. The molecule has 12 heteroatoms. The lowest BCUT2D eigenvalue weighted by atomic mass is 10.2. The van der Waals surface area contributed by atoms with Gasteiger partial charge in [0.25, 0.3) is 0 Å². The van der Waals surface area contributed by atoms with Crippen LogP contribution in [0.5, 0.6) is 0 Å². The third kappa shape index (κ3) is 4.11. The van der Waals surface area contributed by atoms with Crippen molar-refractivity contribution in [3.05, 3.63) is 79.4 Å². The Morgan fingerprint density at radius 2 is 1.03 bits per heavy atom. The average Bonchev–Trinajstić information content (AvgIpc) is 2.66. The van der Waals surface area contributed by atoms with Crippen LogP contribution in [0.1, 0.15) is 0 Å². The second-order valence-corrected chi connectivity index (χ2v) is 11.7. The first-order chi connectivity index (χ1) is 14.5. The number of fused-ring (bicyclic) bond motifs is 2. The second kappa shape index (κ2) is 7.49. The average molecular weight is 501 g/mol. The summed E-state index contributed by atoms with van der Waals surface area (Å²) in [6.07, 6.45) is 0. The molecule has 4 aromatic rings. The fourth-order valence-corrected chi connectivity index (χ4v) is 7.13. The van der Waals surface area contributed by atoms with Gasteiger partial charge in [-0.3, -0.25) is 0 Å². The highest BCUT2D eigenvalue weighted by atomic mass is 35.5. The zero-order valence-electron chi connectivity index (χ0n) is 15.2. The molecule has 31 heavy (non-hydrogen) atoms. The molecule has 0 amide bonds. The van der Waals surface area contributed by atoms with E-state index in [1.807, 2.05) is 0 Å². The summed E-state index contributed by atoms with van der Waals surface area (Å²) < 4.78 is 61.0. The number of rotatable bonds is 4. The molecule has 8 nitrogen and oxygen atoms in total. The Bertz CT molecular complexity index is 1570. The molecule has 0 radical (unpaired) electrons. The largest absolute Gasteiger partial charge is 0.422 e. The fraction of sp³-hybridized carbons (Fsp3) is 0.0526. The lowest BCUT2D eigenvalue weighted by Crippen LogP contribution is -2.25. The topological polar surface area (TPSA) is 129 Å². The molecular formula is C19H10Cl2O8S2. The second-order valence-electron chi connectivity index (χ2n) is 6.51. The van der Waals surface area contributed by atoms with E-state index in [1.54, 1.807) is 0 Å². The summed E-state index contributed by atoms with van der Waals surface area (Å²) in [5.41, 5.74) is -2.35. The van der Waals surface area contributed by atoms with Gasteiger partial charge >= 0.3 is 11.3 Å².